The molecule has 0 aliphatic carbocycles. The van der Waals surface area contributed by atoms with Crippen molar-refractivity contribution in [3.8, 4) is 0 Å². The molecule has 0 spiro atoms. The molecule has 2 N–H and O–H groups in total. The van der Waals surface area contributed by atoms with Gasteiger partial charge in [-0.25, -0.2) is 9.18 Å². The average Bonchev–Trinajstić information content (AvgIpc) is 3.35. The number of aromatic amines is 1. The van der Waals surface area contributed by atoms with Gasteiger partial charge in [0.25, 0.3) is 0 Å². The molecule has 2 aromatic carbocycles. The first kappa shape index (κ1) is 21.0. The summed E-state index contributed by atoms with van der Waals surface area (Å²) in [6.45, 7) is 4.26. The lowest BCUT2D eigenvalue weighted by Gasteiger charge is -2.09. The molecule has 0 atom stereocenters. The van der Waals surface area contributed by atoms with Crippen LogP contribution in [0, 0.1) is 19.7 Å². The topological polar surface area (TPSA) is 88.2 Å². The number of furan rings is 1. The fraction of sp³-hybridized carbons (Fsp3) is 0.231. The van der Waals surface area contributed by atoms with Crippen LogP contribution in [0.1, 0.15) is 28.7 Å². The van der Waals surface area contributed by atoms with Crippen molar-refractivity contribution < 1.29 is 18.0 Å². The highest BCUT2D eigenvalue weighted by Gasteiger charge is 2.15. The van der Waals surface area contributed by atoms with Gasteiger partial charge in [-0.05, 0) is 67.6 Å². The van der Waals surface area contributed by atoms with Crippen molar-refractivity contribution in [2.75, 3.05) is 6.54 Å². The maximum absolute atomic E-state index is 13.5. The Bertz CT molecular complexity index is 1570. The summed E-state index contributed by atoms with van der Waals surface area (Å²) < 4.78 is 24.6. The van der Waals surface area contributed by atoms with Crippen molar-refractivity contribution in [3.05, 3.63) is 81.3 Å². The van der Waals surface area contributed by atoms with Crippen molar-refractivity contribution in [1.29, 1.82) is 0 Å². The molecule has 0 saturated carbocycles. The molecule has 0 saturated heterocycles. The minimum absolute atomic E-state index is 0.152. The van der Waals surface area contributed by atoms with Crippen molar-refractivity contribution >= 4 is 38.7 Å². The first-order valence-electron chi connectivity index (χ1n) is 10.9. The molecule has 0 aliphatic heterocycles. The maximum Gasteiger partial charge on any atom is 0.339 e. The molecule has 0 bridgehead atoms. The number of carbonyl (C=O) groups is 1. The highest BCUT2D eigenvalue weighted by atomic mass is 19.1. The third-order valence-corrected chi connectivity index (χ3v) is 6.22. The van der Waals surface area contributed by atoms with Crippen LogP contribution in [-0.2, 0) is 17.6 Å². The van der Waals surface area contributed by atoms with Gasteiger partial charge >= 0.3 is 5.63 Å². The van der Waals surface area contributed by atoms with Gasteiger partial charge in [-0.1, -0.05) is 0 Å². The third kappa shape index (κ3) is 3.91. The summed E-state index contributed by atoms with van der Waals surface area (Å²) in [4.78, 5) is 28.1. The van der Waals surface area contributed by atoms with Crippen LogP contribution in [0.5, 0.6) is 0 Å². The van der Waals surface area contributed by atoms with E-state index >= 15 is 0 Å². The van der Waals surface area contributed by atoms with Gasteiger partial charge in [-0.15, -0.1) is 0 Å². The third-order valence-electron chi connectivity index (χ3n) is 6.22. The number of hydrogen-bond acceptors (Lipinski definition) is 4. The van der Waals surface area contributed by atoms with Crippen LogP contribution in [-0.4, -0.2) is 17.4 Å². The Morgan fingerprint density at radius 3 is 2.76 bits per heavy atom. The van der Waals surface area contributed by atoms with Crippen molar-refractivity contribution in [3.63, 3.8) is 0 Å². The number of halogens is 1. The molecule has 1 amide bonds. The summed E-state index contributed by atoms with van der Waals surface area (Å²) in [5.74, 6) is -0.443. The summed E-state index contributed by atoms with van der Waals surface area (Å²) in [5.41, 5.74) is 4.85. The molecule has 0 radical (unpaired) electrons. The highest BCUT2D eigenvalue weighted by Crippen LogP contribution is 2.29. The normalized spacial score (nSPS) is 11.6. The molecule has 168 valence electrons. The van der Waals surface area contributed by atoms with Crippen molar-refractivity contribution in [2.24, 2.45) is 0 Å². The number of hydrogen-bond donors (Lipinski definition) is 2. The number of aromatic nitrogens is 1. The Morgan fingerprint density at radius 2 is 1.91 bits per heavy atom. The van der Waals surface area contributed by atoms with Crippen LogP contribution in [0.15, 0.2) is 56.4 Å². The fourth-order valence-electron chi connectivity index (χ4n) is 4.35. The second-order valence-corrected chi connectivity index (χ2v) is 8.36. The van der Waals surface area contributed by atoms with Gasteiger partial charge in [0.05, 0.1) is 6.26 Å². The smallest absolute Gasteiger partial charge is 0.339 e. The molecular formula is C26H23FN2O4. The summed E-state index contributed by atoms with van der Waals surface area (Å²) in [6, 6.07) is 8.30. The SMILES string of the molecule is Cc1coc2cc3oc(=O)c(CCC(=O)NCCc4c[nH]c5ccc(F)cc45)c(C)c3cc12. The van der Waals surface area contributed by atoms with Crippen LogP contribution in [0.2, 0.25) is 0 Å². The van der Waals surface area contributed by atoms with Crippen LogP contribution >= 0.6 is 0 Å². The number of rotatable bonds is 6. The second kappa shape index (κ2) is 8.24. The standard InChI is InChI=1S/C26H23FN2O4/c1-14-13-32-23-11-24-20(10-19(14)23)15(2)18(26(31)33-24)4-6-25(30)28-8-7-16-12-29-22-5-3-17(27)9-21(16)22/h3,5,9-13,29H,4,6-8H2,1-2H3,(H,28,30). The van der Waals surface area contributed by atoms with Gasteiger partial charge in [0.15, 0.2) is 0 Å². The molecule has 0 unspecified atom stereocenters. The molecule has 0 fully saturated rings. The fourth-order valence-corrected chi connectivity index (χ4v) is 4.35. The lowest BCUT2D eigenvalue weighted by atomic mass is 10.0. The zero-order valence-electron chi connectivity index (χ0n) is 18.4. The maximum atomic E-state index is 13.5. The zero-order valence-corrected chi connectivity index (χ0v) is 18.4. The highest BCUT2D eigenvalue weighted by molar-refractivity contribution is 5.96. The molecule has 0 aliphatic rings. The van der Waals surface area contributed by atoms with Gasteiger partial charge in [0.2, 0.25) is 5.91 Å². The number of nitrogens with one attached hydrogen (secondary N) is 2. The van der Waals surface area contributed by atoms with Crippen LogP contribution in [0.4, 0.5) is 4.39 Å². The number of benzene rings is 2. The van der Waals surface area contributed by atoms with Gasteiger partial charge in [-0.2, -0.15) is 0 Å². The molecule has 5 rings (SSSR count). The Labute approximate surface area is 188 Å². The van der Waals surface area contributed by atoms with Gasteiger partial charge in [-0.3, -0.25) is 4.79 Å². The van der Waals surface area contributed by atoms with Crippen molar-refractivity contribution in [2.45, 2.75) is 33.1 Å². The van der Waals surface area contributed by atoms with E-state index in [4.69, 9.17) is 8.83 Å². The van der Waals surface area contributed by atoms with E-state index in [1.165, 1.54) is 12.1 Å². The molecule has 33 heavy (non-hydrogen) atoms. The van der Waals surface area contributed by atoms with Crippen molar-refractivity contribution in [1.82, 2.24) is 10.3 Å². The summed E-state index contributed by atoms with van der Waals surface area (Å²) in [6.07, 6.45) is 4.54. The number of aryl methyl sites for hydroxylation is 2. The quantitative estimate of drug-likeness (QED) is 0.357. The predicted octanol–water partition coefficient (Wildman–Crippen LogP) is 5.07. The molecule has 3 heterocycles. The monoisotopic (exact) mass is 446 g/mol. The Balaban J connectivity index is 1.26. The first-order chi connectivity index (χ1) is 15.9. The second-order valence-electron chi connectivity index (χ2n) is 8.36. The Hall–Kier alpha value is -3.87. The first-order valence-corrected chi connectivity index (χ1v) is 10.9. The molecule has 5 aromatic rings. The summed E-state index contributed by atoms with van der Waals surface area (Å²) in [7, 11) is 0. The van der Waals surface area contributed by atoms with E-state index in [9.17, 15) is 14.0 Å². The largest absolute Gasteiger partial charge is 0.464 e. The van der Waals surface area contributed by atoms with E-state index in [0.29, 0.717) is 29.7 Å². The van der Waals surface area contributed by atoms with E-state index in [1.54, 1.807) is 18.4 Å². The van der Waals surface area contributed by atoms with Crippen LogP contribution in [0.3, 0.4) is 0 Å². The average molecular weight is 446 g/mol. The van der Waals surface area contributed by atoms with E-state index in [-0.39, 0.29) is 24.6 Å². The minimum Gasteiger partial charge on any atom is -0.464 e. The summed E-state index contributed by atoms with van der Waals surface area (Å²) >= 11 is 0. The number of fused-ring (bicyclic) bond motifs is 3. The predicted molar refractivity (Wildman–Crippen MR) is 125 cm³/mol. The van der Waals surface area contributed by atoms with Crippen LogP contribution < -0.4 is 10.9 Å². The lowest BCUT2D eigenvalue weighted by molar-refractivity contribution is -0.121. The van der Waals surface area contributed by atoms with Crippen LogP contribution in [0.25, 0.3) is 32.8 Å². The van der Waals surface area contributed by atoms with Gasteiger partial charge in [0.1, 0.15) is 17.0 Å². The molecule has 7 heteroatoms. The van der Waals surface area contributed by atoms with Gasteiger partial charge in [0, 0.05) is 52.5 Å². The van der Waals surface area contributed by atoms with Gasteiger partial charge < -0.3 is 19.1 Å². The van der Waals surface area contributed by atoms with E-state index < -0.39 is 5.63 Å². The number of H-pyrrole nitrogens is 1. The van der Waals surface area contributed by atoms with E-state index in [0.717, 1.165) is 38.4 Å². The number of amides is 1. The Kier molecular flexibility index (Phi) is 5.24. The zero-order chi connectivity index (χ0) is 23.1. The minimum atomic E-state index is -0.434. The van der Waals surface area contributed by atoms with E-state index in [2.05, 4.69) is 10.3 Å². The van der Waals surface area contributed by atoms with E-state index in [1.807, 2.05) is 26.1 Å². The summed E-state index contributed by atoms with van der Waals surface area (Å²) in [5, 5.41) is 5.51. The molecule has 3 aromatic heterocycles. The Morgan fingerprint density at radius 1 is 1.06 bits per heavy atom. The lowest BCUT2D eigenvalue weighted by Crippen LogP contribution is -2.26. The molecule has 6 nitrogen and oxygen atoms in total. The molecular weight excluding hydrogens is 423 g/mol. The number of carbonyl (C=O) groups excluding carboxylic acids is 1.